The SMILES string of the molecule is COc1ccc(C(=O)Nc2ncnc3c2N(C(=O)c2ccc(OC)cc2)[C@@H]2OC[C@H]4O[C@H]([C@@H]5OC(C)(C)O[C@@H]54)N32)cc1. The molecule has 2 bridgehead atoms. The Morgan fingerprint density at radius 1 is 0.929 bits per heavy atom. The number of nitrogens with one attached hydrogen (secondary N) is 1. The Bertz CT molecular complexity index is 1530. The van der Waals surface area contributed by atoms with E-state index in [2.05, 4.69) is 15.3 Å². The summed E-state index contributed by atoms with van der Waals surface area (Å²) < 4.78 is 35.6. The van der Waals surface area contributed by atoms with Crippen LogP contribution in [0.3, 0.4) is 0 Å². The van der Waals surface area contributed by atoms with Crippen LogP contribution in [-0.4, -0.2) is 79.3 Å². The van der Waals surface area contributed by atoms with E-state index in [-0.39, 0.29) is 30.1 Å². The number of hydrogen-bond donors (Lipinski definition) is 1. The fraction of sp³-hybridized carbons (Fsp3) is 0.379. The fourth-order valence-corrected chi connectivity index (χ4v) is 5.81. The van der Waals surface area contributed by atoms with Crippen LogP contribution in [0, 0.1) is 0 Å². The topological polar surface area (TPSA) is 134 Å². The quantitative estimate of drug-likeness (QED) is 0.481. The van der Waals surface area contributed by atoms with E-state index < -0.39 is 36.5 Å². The Morgan fingerprint density at radius 2 is 1.57 bits per heavy atom. The van der Waals surface area contributed by atoms with Crippen molar-refractivity contribution in [2.75, 3.05) is 35.9 Å². The van der Waals surface area contributed by atoms with Crippen LogP contribution in [0.15, 0.2) is 54.9 Å². The molecule has 1 N–H and O–H groups in total. The maximum atomic E-state index is 14.2. The van der Waals surface area contributed by atoms with Crippen molar-refractivity contribution >= 4 is 29.1 Å². The molecule has 0 unspecified atom stereocenters. The summed E-state index contributed by atoms with van der Waals surface area (Å²) in [5.74, 6) is 0.0690. The average molecular weight is 576 g/mol. The lowest BCUT2D eigenvalue weighted by molar-refractivity contribution is -0.186. The highest BCUT2D eigenvalue weighted by Crippen LogP contribution is 2.50. The molecule has 13 nitrogen and oxygen atoms in total. The minimum Gasteiger partial charge on any atom is -0.497 e. The summed E-state index contributed by atoms with van der Waals surface area (Å²) in [7, 11) is 3.10. The zero-order chi connectivity index (χ0) is 29.2. The summed E-state index contributed by atoms with van der Waals surface area (Å²) in [5.41, 5.74) is 1.02. The van der Waals surface area contributed by atoms with Crippen LogP contribution >= 0.6 is 0 Å². The van der Waals surface area contributed by atoms with Crippen molar-refractivity contribution in [3.63, 3.8) is 0 Å². The Morgan fingerprint density at radius 3 is 2.24 bits per heavy atom. The summed E-state index contributed by atoms with van der Waals surface area (Å²) in [6.07, 6.45) is -1.55. The lowest BCUT2D eigenvalue weighted by atomic mass is 10.1. The number of amides is 2. The van der Waals surface area contributed by atoms with Crippen LogP contribution in [0.5, 0.6) is 11.5 Å². The van der Waals surface area contributed by atoms with Gasteiger partial charge in [-0.2, -0.15) is 0 Å². The molecule has 218 valence electrons. The highest BCUT2D eigenvalue weighted by Gasteiger charge is 2.62. The number of rotatable bonds is 5. The molecule has 3 aromatic rings. The summed E-state index contributed by atoms with van der Waals surface area (Å²) in [4.78, 5) is 39.6. The predicted molar refractivity (Wildman–Crippen MR) is 147 cm³/mol. The van der Waals surface area contributed by atoms with E-state index in [1.54, 1.807) is 67.7 Å². The third-order valence-corrected chi connectivity index (χ3v) is 7.70. The lowest BCUT2D eigenvalue weighted by Gasteiger charge is -2.34. The molecule has 7 rings (SSSR count). The van der Waals surface area contributed by atoms with Crippen LogP contribution < -0.4 is 24.6 Å². The molecule has 2 amide bonds. The number of carbonyl (C=O) groups is 2. The molecule has 0 aliphatic carbocycles. The zero-order valence-electron chi connectivity index (χ0n) is 23.3. The molecule has 3 saturated heterocycles. The Hall–Kier alpha value is -4.30. The van der Waals surface area contributed by atoms with Crippen molar-refractivity contribution in [3.05, 3.63) is 66.0 Å². The van der Waals surface area contributed by atoms with Crippen molar-refractivity contribution in [3.8, 4) is 11.5 Å². The van der Waals surface area contributed by atoms with Crippen molar-refractivity contribution in [2.24, 2.45) is 0 Å². The van der Waals surface area contributed by atoms with Crippen LogP contribution in [0.4, 0.5) is 17.3 Å². The molecule has 13 heteroatoms. The van der Waals surface area contributed by atoms with Gasteiger partial charge in [0.2, 0.25) is 6.35 Å². The molecular weight excluding hydrogens is 546 g/mol. The maximum absolute atomic E-state index is 14.2. The maximum Gasteiger partial charge on any atom is 0.262 e. The molecule has 0 saturated carbocycles. The molecule has 0 spiro atoms. The van der Waals surface area contributed by atoms with Crippen molar-refractivity contribution in [2.45, 2.75) is 50.5 Å². The van der Waals surface area contributed by atoms with Crippen LogP contribution in [-0.2, 0) is 18.9 Å². The molecule has 1 aromatic heterocycles. The molecular formula is C29H29N5O8. The lowest BCUT2D eigenvalue weighted by Crippen LogP contribution is -2.55. The van der Waals surface area contributed by atoms with Gasteiger partial charge in [-0.15, -0.1) is 0 Å². The molecule has 2 aromatic carbocycles. The van der Waals surface area contributed by atoms with Gasteiger partial charge in [0.15, 0.2) is 23.7 Å². The number of benzene rings is 2. The second-order valence-corrected chi connectivity index (χ2v) is 10.7. The van der Waals surface area contributed by atoms with Gasteiger partial charge < -0.3 is 33.7 Å². The van der Waals surface area contributed by atoms with Gasteiger partial charge in [-0.1, -0.05) is 0 Å². The van der Waals surface area contributed by atoms with Gasteiger partial charge in [0.1, 0.15) is 41.8 Å². The van der Waals surface area contributed by atoms with Gasteiger partial charge in [0.05, 0.1) is 20.8 Å². The van der Waals surface area contributed by atoms with Crippen LogP contribution in [0.2, 0.25) is 0 Å². The minimum absolute atomic E-state index is 0.134. The van der Waals surface area contributed by atoms with Crippen LogP contribution in [0.25, 0.3) is 0 Å². The second kappa shape index (κ2) is 9.91. The van der Waals surface area contributed by atoms with Gasteiger partial charge in [-0.25, -0.2) is 9.97 Å². The number of nitrogens with zero attached hydrogens (tertiary/aromatic N) is 4. The van der Waals surface area contributed by atoms with E-state index in [1.807, 2.05) is 13.8 Å². The highest BCUT2D eigenvalue weighted by molar-refractivity contribution is 6.14. The third kappa shape index (κ3) is 4.24. The van der Waals surface area contributed by atoms with E-state index >= 15 is 0 Å². The summed E-state index contributed by atoms with van der Waals surface area (Å²) in [6, 6.07) is 13.4. The van der Waals surface area contributed by atoms with Gasteiger partial charge in [-0.3, -0.25) is 19.4 Å². The van der Waals surface area contributed by atoms with Gasteiger partial charge in [0, 0.05) is 11.1 Å². The van der Waals surface area contributed by atoms with Gasteiger partial charge >= 0.3 is 0 Å². The van der Waals surface area contributed by atoms with E-state index in [0.29, 0.717) is 28.4 Å². The third-order valence-electron chi connectivity index (χ3n) is 7.70. The van der Waals surface area contributed by atoms with Crippen molar-refractivity contribution in [1.82, 2.24) is 9.97 Å². The van der Waals surface area contributed by atoms with Gasteiger partial charge in [0.25, 0.3) is 11.8 Å². The summed E-state index contributed by atoms with van der Waals surface area (Å²) >= 11 is 0. The van der Waals surface area contributed by atoms with Crippen molar-refractivity contribution in [1.29, 1.82) is 0 Å². The molecule has 5 atom stereocenters. The predicted octanol–water partition coefficient (Wildman–Crippen LogP) is 2.77. The number of hydrogen-bond acceptors (Lipinski definition) is 11. The number of methoxy groups -OCH3 is 2. The fourth-order valence-electron chi connectivity index (χ4n) is 5.81. The number of fused-ring (bicyclic) bond motifs is 9. The first-order chi connectivity index (χ1) is 20.3. The van der Waals surface area contributed by atoms with E-state index in [0.717, 1.165) is 0 Å². The second-order valence-electron chi connectivity index (χ2n) is 10.7. The Kier molecular flexibility index (Phi) is 6.27. The number of ether oxygens (including phenoxy) is 6. The minimum atomic E-state index is -0.953. The highest BCUT2D eigenvalue weighted by atomic mass is 16.8. The standard InChI is InChI=1S/C29H29N5O8/c1-29(2)41-21-19-13-39-28-33(26(36)16-7-11-18(38-4)12-8-16)20-23(32-25(35)15-5-9-17(37-3)10-6-15)30-14-31-24(20)34(28)27(40-19)22(21)42-29/h5-12,14,19,21-22,27-28H,13H2,1-4H3,(H,30,31,32,35)/t19-,21-,22-,27-,28+/m1/s1. The Labute approximate surface area is 241 Å². The number of carbonyl (C=O) groups excluding carboxylic acids is 2. The first kappa shape index (κ1) is 26.6. The first-order valence-corrected chi connectivity index (χ1v) is 13.5. The van der Waals surface area contributed by atoms with Gasteiger partial charge in [-0.05, 0) is 62.4 Å². The van der Waals surface area contributed by atoms with E-state index in [9.17, 15) is 9.59 Å². The molecule has 3 fully saturated rings. The normalized spacial score (nSPS) is 26.6. The first-order valence-electron chi connectivity index (χ1n) is 13.5. The number of anilines is 3. The summed E-state index contributed by atoms with van der Waals surface area (Å²) in [6.45, 7) is 3.84. The van der Waals surface area contributed by atoms with E-state index in [4.69, 9.17) is 28.4 Å². The smallest absolute Gasteiger partial charge is 0.262 e. The summed E-state index contributed by atoms with van der Waals surface area (Å²) in [5, 5.41) is 2.85. The molecule has 5 heterocycles. The molecule has 42 heavy (non-hydrogen) atoms. The largest absolute Gasteiger partial charge is 0.497 e. The zero-order valence-corrected chi connectivity index (χ0v) is 23.3. The van der Waals surface area contributed by atoms with Crippen molar-refractivity contribution < 1.29 is 38.0 Å². The van der Waals surface area contributed by atoms with Crippen LogP contribution in [0.1, 0.15) is 34.6 Å². The Balaban J connectivity index is 1.31. The molecule has 0 radical (unpaired) electrons. The molecule has 4 aliphatic rings. The molecule has 4 aliphatic heterocycles. The average Bonchev–Trinajstić information content (AvgIpc) is 3.55. The monoisotopic (exact) mass is 575 g/mol. The van der Waals surface area contributed by atoms with E-state index in [1.165, 1.54) is 11.2 Å². The number of aromatic nitrogens is 2.